The summed E-state index contributed by atoms with van der Waals surface area (Å²) in [4.78, 5) is 52.2. The van der Waals surface area contributed by atoms with E-state index in [9.17, 15) is 19.2 Å². The smallest absolute Gasteiger partial charge is 0.237 e. The van der Waals surface area contributed by atoms with Gasteiger partial charge in [-0.1, -0.05) is 109 Å². The molecule has 0 fully saturated rings. The van der Waals surface area contributed by atoms with Crippen molar-refractivity contribution in [1.29, 1.82) is 0 Å². The quantitative estimate of drug-likeness (QED) is 0.120. The first kappa shape index (κ1) is 28.0. The van der Waals surface area contributed by atoms with E-state index in [-0.39, 0.29) is 22.6 Å². The van der Waals surface area contributed by atoms with Gasteiger partial charge in [0.15, 0.2) is 0 Å². The summed E-state index contributed by atoms with van der Waals surface area (Å²) in [6.07, 6.45) is 0. The van der Waals surface area contributed by atoms with Gasteiger partial charge >= 0.3 is 0 Å². The molecule has 212 valence electrons. The molecule has 0 bridgehead atoms. The van der Waals surface area contributed by atoms with E-state index < -0.39 is 23.1 Å². The lowest BCUT2D eigenvalue weighted by atomic mass is 10.0. The van der Waals surface area contributed by atoms with Gasteiger partial charge in [-0.3, -0.25) is 19.2 Å². The van der Waals surface area contributed by atoms with E-state index in [2.05, 4.69) is 0 Å². The minimum atomic E-state index is -0.678. The maximum atomic E-state index is 13.2. The number of hydrogen-bond donors (Lipinski definition) is 0. The molecule has 0 atom stereocenters. The first-order valence-corrected chi connectivity index (χ1v) is 13.8. The molecule has 0 N–H and O–H groups in total. The van der Waals surface area contributed by atoms with Crippen LogP contribution in [0.2, 0.25) is 0 Å². The van der Waals surface area contributed by atoms with Gasteiger partial charge in [0.1, 0.15) is 23.0 Å². The Hall–Kier alpha value is -6.14. The van der Waals surface area contributed by atoms with Gasteiger partial charge in [-0.25, -0.2) is 0 Å². The van der Waals surface area contributed by atoms with Gasteiger partial charge in [0, 0.05) is 21.9 Å². The molecular formula is C38H24O6. The molecule has 0 aliphatic carbocycles. The van der Waals surface area contributed by atoms with Crippen LogP contribution in [0.1, 0.15) is 41.4 Å². The number of rotatable bonds is 10. The zero-order valence-corrected chi connectivity index (χ0v) is 23.3. The molecule has 44 heavy (non-hydrogen) atoms. The van der Waals surface area contributed by atoms with Crippen LogP contribution in [0, 0.1) is 0 Å². The monoisotopic (exact) mass is 576 g/mol. The molecule has 6 aromatic rings. The number of carbonyl (C=O) groups excluding carboxylic acids is 4. The van der Waals surface area contributed by atoms with E-state index in [0.29, 0.717) is 33.4 Å². The van der Waals surface area contributed by atoms with Gasteiger partial charge in [0.25, 0.3) is 0 Å². The van der Waals surface area contributed by atoms with E-state index in [1.54, 1.807) is 121 Å². The number of benzene rings is 6. The third-order valence-corrected chi connectivity index (χ3v) is 7.03. The van der Waals surface area contributed by atoms with Crippen molar-refractivity contribution in [3.8, 4) is 23.0 Å². The first-order chi connectivity index (χ1) is 21.5. The number of carbonyl (C=O) groups is 4. The summed E-state index contributed by atoms with van der Waals surface area (Å²) >= 11 is 0. The van der Waals surface area contributed by atoms with E-state index in [1.165, 1.54) is 0 Å². The van der Waals surface area contributed by atoms with Crippen molar-refractivity contribution in [2.75, 3.05) is 0 Å². The third kappa shape index (κ3) is 5.65. The lowest BCUT2D eigenvalue weighted by Crippen LogP contribution is -2.15. The van der Waals surface area contributed by atoms with E-state index in [0.717, 1.165) is 0 Å². The molecule has 0 unspecified atom stereocenters. The van der Waals surface area contributed by atoms with Crippen molar-refractivity contribution in [3.63, 3.8) is 0 Å². The largest absolute Gasteiger partial charge is 0.456 e. The van der Waals surface area contributed by atoms with Gasteiger partial charge in [0.2, 0.25) is 23.1 Å². The van der Waals surface area contributed by atoms with Gasteiger partial charge < -0.3 is 9.47 Å². The van der Waals surface area contributed by atoms with Crippen molar-refractivity contribution in [1.82, 2.24) is 0 Å². The number of Topliss-reactive ketones (excluding diaryl/α,β-unsaturated/α-hetero) is 4. The molecule has 0 amide bonds. The highest BCUT2D eigenvalue weighted by atomic mass is 16.5. The Morgan fingerprint density at radius 3 is 1.07 bits per heavy atom. The van der Waals surface area contributed by atoms with Crippen molar-refractivity contribution < 1.29 is 28.7 Å². The van der Waals surface area contributed by atoms with Crippen LogP contribution in [0.15, 0.2) is 146 Å². The number of hydrogen-bond acceptors (Lipinski definition) is 6. The van der Waals surface area contributed by atoms with Gasteiger partial charge in [-0.05, 0) is 36.4 Å². The number of fused-ring (bicyclic) bond motifs is 1. The average molecular weight is 577 g/mol. The summed E-state index contributed by atoms with van der Waals surface area (Å²) in [5.41, 5.74) is 0.870. The van der Waals surface area contributed by atoms with E-state index in [1.807, 2.05) is 24.3 Å². The summed E-state index contributed by atoms with van der Waals surface area (Å²) < 4.78 is 12.5. The molecule has 6 rings (SSSR count). The van der Waals surface area contributed by atoms with Crippen molar-refractivity contribution >= 4 is 33.9 Å². The normalized spacial score (nSPS) is 10.6. The minimum absolute atomic E-state index is 0.140. The minimum Gasteiger partial charge on any atom is -0.456 e. The molecule has 0 aliphatic rings. The molecule has 0 heterocycles. The van der Waals surface area contributed by atoms with E-state index >= 15 is 0 Å². The molecule has 0 spiro atoms. The van der Waals surface area contributed by atoms with E-state index in [4.69, 9.17) is 9.47 Å². The summed E-state index contributed by atoms with van der Waals surface area (Å²) in [7, 11) is 0. The highest BCUT2D eigenvalue weighted by molar-refractivity contribution is 6.50. The van der Waals surface area contributed by atoms with Crippen LogP contribution in [0.5, 0.6) is 23.0 Å². The molecule has 0 aliphatic heterocycles. The second kappa shape index (κ2) is 12.4. The summed E-state index contributed by atoms with van der Waals surface area (Å²) in [6, 6.07) is 40.7. The number of ketones is 4. The standard InChI is InChI=1S/C38H24O6/c39-35(25-13-3-1-4-14-25)37(41)29-19-9-11-21-31(29)43-33-23-24-34(28-18-8-7-17-27(28)33)44-32-22-12-10-20-30(32)38(42)36(40)26-15-5-2-6-16-26/h1-24H. The average Bonchev–Trinajstić information content (AvgIpc) is 3.09. The SMILES string of the molecule is O=C(C(=O)c1ccccc1Oc1ccc(Oc2ccccc2C(=O)C(=O)c2ccccc2)c2ccccc12)c1ccccc1. The molecule has 6 aromatic carbocycles. The zero-order chi connectivity index (χ0) is 30.5. The Morgan fingerprint density at radius 1 is 0.318 bits per heavy atom. The second-order valence-electron chi connectivity index (χ2n) is 9.85. The van der Waals surface area contributed by atoms with Crippen LogP contribution in [-0.2, 0) is 0 Å². The van der Waals surface area contributed by atoms with Crippen LogP contribution in [0.4, 0.5) is 0 Å². The topological polar surface area (TPSA) is 86.7 Å². The lowest BCUT2D eigenvalue weighted by Gasteiger charge is -2.16. The van der Waals surface area contributed by atoms with Crippen LogP contribution < -0.4 is 9.47 Å². The first-order valence-electron chi connectivity index (χ1n) is 13.8. The van der Waals surface area contributed by atoms with Crippen LogP contribution in [-0.4, -0.2) is 23.1 Å². The Kier molecular flexibility index (Phi) is 7.88. The summed E-state index contributed by atoms with van der Waals surface area (Å²) in [5, 5.41) is 1.34. The summed E-state index contributed by atoms with van der Waals surface area (Å²) in [6.45, 7) is 0. The molecule has 6 heteroatoms. The van der Waals surface area contributed by atoms with Crippen molar-refractivity contribution in [2.24, 2.45) is 0 Å². The predicted molar refractivity (Wildman–Crippen MR) is 167 cm³/mol. The Morgan fingerprint density at radius 2 is 0.659 bits per heavy atom. The van der Waals surface area contributed by atoms with Crippen molar-refractivity contribution in [2.45, 2.75) is 0 Å². The van der Waals surface area contributed by atoms with Crippen LogP contribution in [0.25, 0.3) is 10.8 Å². The lowest BCUT2D eigenvalue weighted by molar-refractivity contribution is 0.0815. The maximum Gasteiger partial charge on any atom is 0.237 e. The Balaban J connectivity index is 1.32. The van der Waals surface area contributed by atoms with Crippen LogP contribution in [0.3, 0.4) is 0 Å². The predicted octanol–water partition coefficient (Wildman–Crippen LogP) is 8.56. The molecule has 0 saturated carbocycles. The highest BCUT2D eigenvalue weighted by Gasteiger charge is 2.24. The fourth-order valence-electron chi connectivity index (χ4n) is 4.83. The Labute approximate surface area is 253 Å². The van der Waals surface area contributed by atoms with Crippen LogP contribution >= 0.6 is 0 Å². The molecular weight excluding hydrogens is 552 g/mol. The fraction of sp³-hybridized carbons (Fsp3) is 0. The molecule has 6 nitrogen and oxygen atoms in total. The maximum absolute atomic E-state index is 13.2. The van der Waals surface area contributed by atoms with Gasteiger partial charge in [-0.15, -0.1) is 0 Å². The number of ether oxygens (including phenoxy) is 2. The molecule has 0 radical (unpaired) electrons. The second-order valence-corrected chi connectivity index (χ2v) is 9.85. The molecule has 0 saturated heterocycles. The summed E-state index contributed by atoms with van der Waals surface area (Å²) in [5.74, 6) is -1.28. The van der Waals surface area contributed by atoms with Gasteiger partial charge in [0.05, 0.1) is 11.1 Å². The Bertz CT molecular complexity index is 1880. The fourth-order valence-corrected chi connectivity index (χ4v) is 4.83. The third-order valence-electron chi connectivity index (χ3n) is 7.03. The van der Waals surface area contributed by atoms with Crippen molar-refractivity contribution in [3.05, 3.63) is 168 Å². The molecule has 0 aromatic heterocycles. The highest BCUT2D eigenvalue weighted by Crippen LogP contribution is 2.39. The zero-order valence-electron chi connectivity index (χ0n) is 23.3. The van der Waals surface area contributed by atoms with Gasteiger partial charge in [-0.2, -0.15) is 0 Å². The number of para-hydroxylation sites is 2.